The van der Waals surface area contributed by atoms with Crippen molar-refractivity contribution in [1.82, 2.24) is 4.58 Å². The standard InChI is InChI=1S/C29H33N3O6S/c1-17-14-28(2,3)31(6)23-12-25-21(10-19(17)23)30-22-11-20-18(16-39(35,36)37)15-29(4,5)32(9-7-8-27(33)34)24(20)13-26(22)38-25/h10-15H,7-9,16H2,1-6H3,(H-,33,34,35,36,37)/p+1. The number of carbonyl (C=O) groups is 1. The maximum atomic E-state index is 11.9. The Hall–Kier alpha value is -3.50. The molecule has 0 spiro atoms. The van der Waals surface area contributed by atoms with Crippen molar-refractivity contribution in [2.45, 2.75) is 58.5 Å². The minimum Gasteiger partial charge on any atom is -0.481 e. The molecule has 2 aromatic carbocycles. The maximum absolute atomic E-state index is 11.9. The van der Waals surface area contributed by atoms with Crippen LogP contribution in [0, 0.1) is 0 Å². The molecule has 3 aliphatic rings. The lowest BCUT2D eigenvalue weighted by Crippen LogP contribution is -2.47. The number of rotatable bonds is 6. The fourth-order valence-corrected chi connectivity index (χ4v) is 6.43. The largest absolute Gasteiger partial charge is 0.481 e. The molecule has 2 aromatic rings. The number of ether oxygens (including phenoxy) is 1. The summed E-state index contributed by atoms with van der Waals surface area (Å²) in [5, 5.41) is 10.9. The van der Waals surface area contributed by atoms with E-state index in [1.807, 2.05) is 38.1 Å². The number of carboxylic acids is 1. The summed E-state index contributed by atoms with van der Waals surface area (Å²) >= 11 is 0. The van der Waals surface area contributed by atoms with Crippen molar-refractivity contribution in [2.75, 3.05) is 24.2 Å². The van der Waals surface area contributed by atoms with E-state index in [0.29, 0.717) is 52.3 Å². The predicted octanol–water partition coefficient (Wildman–Crippen LogP) is 3.79. The fraction of sp³-hybridized carbons (Fsp3) is 0.414. The van der Waals surface area contributed by atoms with Crippen LogP contribution in [0.5, 0.6) is 11.5 Å². The molecule has 5 rings (SSSR count). The number of benzene rings is 2. The Morgan fingerprint density at radius 1 is 1.08 bits per heavy atom. The van der Waals surface area contributed by atoms with Crippen molar-refractivity contribution in [2.24, 2.45) is 4.99 Å². The summed E-state index contributed by atoms with van der Waals surface area (Å²) in [7, 11) is -2.25. The lowest BCUT2D eigenvalue weighted by molar-refractivity contribution is -0.137. The minimum atomic E-state index is -4.30. The van der Waals surface area contributed by atoms with E-state index in [1.54, 1.807) is 6.07 Å². The van der Waals surface area contributed by atoms with Gasteiger partial charge in [0.1, 0.15) is 23.8 Å². The predicted molar refractivity (Wildman–Crippen MR) is 151 cm³/mol. The molecule has 0 aromatic heterocycles. The molecule has 0 radical (unpaired) electrons. The normalized spacial score (nSPS) is 18.4. The molecule has 39 heavy (non-hydrogen) atoms. The molecular weight excluding hydrogens is 518 g/mol. The minimum absolute atomic E-state index is 0.0104. The van der Waals surface area contributed by atoms with E-state index >= 15 is 0 Å². The summed E-state index contributed by atoms with van der Waals surface area (Å²) < 4.78 is 42.1. The molecule has 206 valence electrons. The van der Waals surface area contributed by atoms with Gasteiger partial charge in [-0.25, -0.2) is 9.57 Å². The third-order valence-electron chi connectivity index (χ3n) is 7.81. The molecule has 10 heteroatoms. The first-order valence-electron chi connectivity index (χ1n) is 12.9. The smallest absolute Gasteiger partial charge is 0.303 e. The van der Waals surface area contributed by atoms with Crippen LogP contribution in [0.4, 0.5) is 11.4 Å². The van der Waals surface area contributed by atoms with Crippen LogP contribution < -0.4 is 24.9 Å². The van der Waals surface area contributed by atoms with Gasteiger partial charge in [-0.2, -0.15) is 8.42 Å². The average molecular weight is 553 g/mol. The van der Waals surface area contributed by atoms with Gasteiger partial charge in [0.2, 0.25) is 5.36 Å². The van der Waals surface area contributed by atoms with Gasteiger partial charge in [0.05, 0.1) is 17.2 Å². The fourth-order valence-electron chi connectivity index (χ4n) is 5.80. The van der Waals surface area contributed by atoms with E-state index in [1.165, 1.54) is 0 Å². The van der Waals surface area contributed by atoms with Crippen molar-refractivity contribution in [3.8, 4) is 11.5 Å². The Balaban J connectivity index is 1.68. The zero-order valence-corrected chi connectivity index (χ0v) is 23.9. The number of nitrogens with zero attached hydrogens (tertiary/aromatic N) is 3. The van der Waals surface area contributed by atoms with Crippen molar-refractivity contribution < 1.29 is 27.6 Å². The summed E-state index contributed by atoms with van der Waals surface area (Å²) in [4.78, 5) is 18.1. The molecule has 3 heterocycles. The van der Waals surface area contributed by atoms with E-state index in [9.17, 15) is 22.9 Å². The maximum Gasteiger partial charge on any atom is 0.303 e. The van der Waals surface area contributed by atoms with Crippen LogP contribution in [-0.2, 0) is 14.9 Å². The SMILES string of the molecule is CC1=CC(C)(C)[N+](C)=c2cc3c(cc21)=Nc1cc2c(cc1O3)N(CCCC(=O)O)C(C)(C)C=C2CS(=O)(=O)O. The van der Waals surface area contributed by atoms with Crippen LogP contribution in [0.15, 0.2) is 41.4 Å². The number of carboxylic acid groups (broad SMARTS) is 1. The monoisotopic (exact) mass is 552 g/mol. The number of anilines is 1. The zero-order valence-electron chi connectivity index (χ0n) is 23.1. The van der Waals surface area contributed by atoms with Gasteiger partial charge in [-0.3, -0.25) is 9.35 Å². The van der Waals surface area contributed by atoms with Crippen LogP contribution in [0.1, 0.15) is 58.6 Å². The molecule has 0 unspecified atom stereocenters. The summed E-state index contributed by atoms with van der Waals surface area (Å²) in [6, 6.07) is 7.66. The van der Waals surface area contributed by atoms with Gasteiger partial charge >= 0.3 is 5.97 Å². The van der Waals surface area contributed by atoms with E-state index in [0.717, 1.165) is 16.5 Å². The Morgan fingerprint density at radius 2 is 1.79 bits per heavy atom. The van der Waals surface area contributed by atoms with Gasteiger partial charge in [0, 0.05) is 44.1 Å². The molecule has 2 N–H and O–H groups in total. The van der Waals surface area contributed by atoms with Gasteiger partial charge < -0.3 is 14.7 Å². The van der Waals surface area contributed by atoms with E-state index in [4.69, 9.17) is 9.73 Å². The number of likely N-dealkylation sites (N-methyl/N-ethyl adjacent to an activating group) is 1. The number of hydrogen-bond donors (Lipinski definition) is 2. The molecular formula is C29H34N3O6S+. The summed E-state index contributed by atoms with van der Waals surface area (Å²) in [6.07, 6.45) is 4.46. The van der Waals surface area contributed by atoms with Gasteiger partial charge in [-0.05, 0) is 56.5 Å². The van der Waals surface area contributed by atoms with Gasteiger partial charge in [0.15, 0.2) is 17.0 Å². The average Bonchev–Trinajstić information content (AvgIpc) is 2.80. The highest BCUT2D eigenvalue weighted by molar-refractivity contribution is 7.86. The second-order valence-electron chi connectivity index (χ2n) is 11.6. The van der Waals surface area contributed by atoms with Crippen LogP contribution in [-0.4, -0.2) is 54.5 Å². The Kier molecular flexibility index (Phi) is 6.27. The first-order chi connectivity index (χ1) is 18.1. The number of allylic oxidation sites excluding steroid dienone is 1. The van der Waals surface area contributed by atoms with Gasteiger partial charge in [0.25, 0.3) is 10.1 Å². The third kappa shape index (κ3) is 4.98. The first kappa shape index (κ1) is 27.1. The van der Waals surface area contributed by atoms with Crippen LogP contribution >= 0.6 is 0 Å². The lowest BCUT2D eigenvalue weighted by Gasteiger charge is -2.44. The van der Waals surface area contributed by atoms with Crippen molar-refractivity contribution in [1.29, 1.82) is 0 Å². The van der Waals surface area contributed by atoms with E-state index < -0.39 is 27.4 Å². The second-order valence-corrected chi connectivity index (χ2v) is 13.1. The number of fused-ring (bicyclic) bond motifs is 4. The molecule has 9 nitrogen and oxygen atoms in total. The highest BCUT2D eigenvalue weighted by atomic mass is 32.2. The second kappa shape index (κ2) is 9.02. The van der Waals surface area contributed by atoms with Crippen molar-refractivity contribution >= 4 is 38.6 Å². The topological polar surface area (TPSA) is 120 Å². The molecule has 3 aliphatic heterocycles. The van der Waals surface area contributed by atoms with E-state index in [2.05, 4.69) is 43.4 Å². The van der Waals surface area contributed by atoms with Gasteiger partial charge in [-0.1, -0.05) is 6.08 Å². The first-order valence-corrected chi connectivity index (χ1v) is 14.5. The van der Waals surface area contributed by atoms with Crippen LogP contribution in [0.2, 0.25) is 0 Å². The van der Waals surface area contributed by atoms with E-state index in [-0.39, 0.29) is 12.0 Å². The molecule has 0 aliphatic carbocycles. The van der Waals surface area contributed by atoms with Crippen LogP contribution in [0.3, 0.4) is 0 Å². The highest BCUT2D eigenvalue weighted by Gasteiger charge is 2.36. The number of hydrogen-bond acceptors (Lipinski definition) is 6. The quantitative estimate of drug-likeness (QED) is 0.353. The summed E-state index contributed by atoms with van der Waals surface area (Å²) in [6.45, 7) is 10.7. The lowest BCUT2D eigenvalue weighted by atomic mass is 9.88. The number of aliphatic carboxylic acids is 1. The zero-order chi connectivity index (χ0) is 28.5. The summed E-state index contributed by atoms with van der Waals surface area (Å²) in [5.41, 5.74) is 3.77. The van der Waals surface area contributed by atoms with Crippen molar-refractivity contribution in [3.05, 3.63) is 58.3 Å². The third-order valence-corrected chi connectivity index (χ3v) is 8.48. The molecule has 0 atom stereocenters. The Labute approximate surface area is 228 Å². The van der Waals surface area contributed by atoms with Crippen LogP contribution in [0.25, 0.3) is 11.1 Å². The Morgan fingerprint density at radius 3 is 2.46 bits per heavy atom. The highest BCUT2D eigenvalue weighted by Crippen LogP contribution is 2.46. The molecule has 0 saturated heterocycles. The van der Waals surface area contributed by atoms with Gasteiger partial charge in [-0.15, -0.1) is 0 Å². The molecule has 0 bridgehead atoms. The Bertz CT molecular complexity index is 1720. The molecule has 0 saturated carbocycles. The summed E-state index contributed by atoms with van der Waals surface area (Å²) in [5.74, 6) is -0.265. The van der Waals surface area contributed by atoms with Crippen molar-refractivity contribution in [3.63, 3.8) is 0 Å². The molecule has 0 fully saturated rings. The molecule has 0 amide bonds.